The molecule has 0 aromatic rings. The lowest BCUT2D eigenvalue weighted by Gasteiger charge is -1.82. The molecule has 40 valence electrons. The van der Waals surface area contributed by atoms with Crippen LogP contribution in [0.1, 0.15) is 19.8 Å². The minimum Gasteiger partial charge on any atom is -0.233 e. The Labute approximate surface area is 51.5 Å². The van der Waals surface area contributed by atoms with Gasteiger partial charge >= 0.3 is 0 Å². The van der Waals surface area contributed by atoms with E-state index in [4.69, 9.17) is 0 Å². The van der Waals surface area contributed by atoms with Crippen LogP contribution in [0.2, 0.25) is 0 Å². The van der Waals surface area contributed by atoms with E-state index >= 15 is 0 Å². The second kappa shape index (κ2) is 4.10. The number of rotatable bonds is 2. The molecule has 0 unspecified atom stereocenters. The van der Waals surface area contributed by atoms with Gasteiger partial charge in [-0.25, -0.2) is 4.79 Å². The van der Waals surface area contributed by atoms with E-state index in [1.807, 2.05) is 6.92 Å². The molecular weight excluding hydrogens is 156 g/mol. The molecule has 1 nitrogen and oxygen atoms in total. The van der Waals surface area contributed by atoms with Crippen molar-refractivity contribution in [3.05, 3.63) is 4.48 Å². The predicted octanol–water partition coefficient (Wildman–Crippen LogP) is 1.90. The fraction of sp³-hybridized carbons (Fsp3) is 0.600. The van der Waals surface area contributed by atoms with Crippen LogP contribution in [-0.4, -0.2) is 5.94 Å². The first-order chi connectivity index (χ1) is 3.31. The molecule has 0 aromatic carbocycles. The third-order valence-corrected chi connectivity index (χ3v) is 1.14. The Bertz CT molecular complexity index is 92.3. The molecule has 0 heterocycles. The Kier molecular flexibility index (Phi) is 4.06. The minimum atomic E-state index is 0.634. The van der Waals surface area contributed by atoms with Crippen molar-refractivity contribution >= 4 is 21.9 Å². The smallest absolute Gasteiger partial charge is 0.135 e. The number of allylic oxidation sites excluding steroid dienone is 1. The average Bonchev–Trinajstić information content (AvgIpc) is 1.68. The van der Waals surface area contributed by atoms with E-state index in [1.165, 1.54) is 0 Å². The monoisotopic (exact) mass is 162 g/mol. The second-order valence-corrected chi connectivity index (χ2v) is 2.21. The number of halogens is 1. The molecule has 0 amide bonds. The molecule has 0 bridgehead atoms. The van der Waals surface area contributed by atoms with Crippen LogP contribution in [0.3, 0.4) is 0 Å². The van der Waals surface area contributed by atoms with Crippen LogP contribution >= 0.6 is 15.9 Å². The summed E-state index contributed by atoms with van der Waals surface area (Å²) in [5.74, 6) is 1.75. The summed E-state index contributed by atoms with van der Waals surface area (Å²) < 4.78 is 0.634. The van der Waals surface area contributed by atoms with Crippen molar-refractivity contribution < 1.29 is 4.79 Å². The molecule has 0 atom stereocenters. The van der Waals surface area contributed by atoms with E-state index in [1.54, 1.807) is 5.94 Å². The first-order valence-electron chi connectivity index (χ1n) is 2.20. The highest BCUT2D eigenvalue weighted by Crippen LogP contribution is 2.06. The first-order valence-corrected chi connectivity index (χ1v) is 3.00. The zero-order valence-corrected chi connectivity index (χ0v) is 5.79. The Morgan fingerprint density at radius 2 is 2.43 bits per heavy atom. The van der Waals surface area contributed by atoms with Gasteiger partial charge in [-0.05, 0) is 22.4 Å². The van der Waals surface area contributed by atoms with Crippen molar-refractivity contribution in [1.29, 1.82) is 0 Å². The second-order valence-electron chi connectivity index (χ2n) is 1.26. The molecule has 0 aromatic heterocycles. The maximum absolute atomic E-state index is 9.69. The predicted molar refractivity (Wildman–Crippen MR) is 33.0 cm³/mol. The minimum absolute atomic E-state index is 0.634. The molecule has 0 saturated heterocycles. The van der Waals surface area contributed by atoms with Crippen molar-refractivity contribution in [2.75, 3.05) is 0 Å². The van der Waals surface area contributed by atoms with Gasteiger partial charge < -0.3 is 0 Å². The highest BCUT2D eigenvalue weighted by molar-refractivity contribution is 9.11. The molecule has 0 aliphatic heterocycles. The number of hydrogen-bond acceptors (Lipinski definition) is 1. The van der Waals surface area contributed by atoms with Gasteiger partial charge in [0.2, 0.25) is 0 Å². The van der Waals surface area contributed by atoms with Crippen LogP contribution in [0.25, 0.3) is 0 Å². The number of hydrogen-bond donors (Lipinski definition) is 0. The van der Waals surface area contributed by atoms with E-state index in [0.717, 1.165) is 12.8 Å². The zero-order chi connectivity index (χ0) is 5.70. The Morgan fingerprint density at radius 3 is 2.57 bits per heavy atom. The maximum atomic E-state index is 9.69. The van der Waals surface area contributed by atoms with Crippen molar-refractivity contribution in [3.8, 4) is 0 Å². The Balaban J connectivity index is 3.37. The van der Waals surface area contributed by atoms with Gasteiger partial charge in [-0.2, -0.15) is 0 Å². The highest BCUT2D eigenvalue weighted by atomic mass is 79.9. The van der Waals surface area contributed by atoms with E-state index < -0.39 is 0 Å². The Morgan fingerprint density at radius 1 is 1.86 bits per heavy atom. The third-order valence-electron chi connectivity index (χ3n) is 0.580. The molecule has 0 N–H and O–H groups in total. The van der Waals surface area contributed by atoms with Gasteiger partial charge in [-0.15, -0.1) is 0 Å². The van der Waals surface area contributed by atoms with Gasteiger partial charge in [-0.3, -0.25) is 0 Å². The molecule has 0 spiro atoms. The quantitative estimate of drug-likeness (QED) is 0.568. The lowest BCUT2D eigenvalue weighted by molar-refractivity contribution is 0.567. The lowest BCUT2D eigenvalue weighted by Crippen LogP contribution is -1.67. The van der Waals surface area contributed by atoms with Crippen LogP contribution in [0.5, 0.6) is 0 Å². The molecule has 2 heteroatoms. The zero-order valence-electron chi connectivity index (χ0n) is 4.20. The summed E-state index contributed by atoms with van der Waals surface area (Å²) in [6.07, 6.45) is 1.80. The summed E-state index contributed by atoms with van der Waals surface area (Å²) in [4.78, 5) is 9.69. The third kappa shape index (κ3) is 3.77. The molecule has 0 fully saturated rings. The van der Waals surface area contributed by atoms with E-state index in [-0.39, 0.29) is 0 Å². The Hall–Kier alpha value is -0.0700. The fourth-order valence-corrected chi connectivity index (χ4v) is 0.667. The van der Waals surface area contributed by atoms with E-state index in [9.17, 15) is 4.79 Å². The molecule has 0 aliphatic rings. The van der Waals surface area contributed by atoms with Crippen molar-refractivity contribution in [2.45, 2.75) is 19.8 Å². The van der Waals surface area contributed by atoms with Gasteiger partial charge in [0.15, 0.2) is 0 Å². The fourth-order valence-electron chi connectivity index (χ4n) is 0.271. The molecular formula is C5H7BrO. The van der Waals surface area contributed by atoms with E-state index in [2.05, 4.69) is 15.9 Å². The standard InChI is InChI=1S/C5H7BrO/c1-2-3-5(6)4-7/h2-3H2,1H3. The van der Waals surface area contributed by atoms with Gasteiger partial charge in [0, 0.05) is 0 Å². The molecule has 7 heavy (non-hydrogen) atoms. The van der Waals surface area contributed by atoms with Crippen molar-refractivity contribution in [2.24, 2.45) is 0 Å². The van der Waals surface area contributed by atoms with Crippen LogP contribution in [0.15, 0.2) is 4.48 Å². The van der Waals surface area contributed by atoms with Crippen LogP contribution in [0.4, 0.5) is 0 Å². The van der Waals surface area contributed by atoms with E-state index in [0.29, 0.717) is 4.48 Å². The first kappa shape index (κ1) is 6.93. The SMILES string of the molecule is CCCC(Br)=C=O. The van der Waals surface area contributed by atoms with Crippen LogP contribution < -0.4 is 0 Å². The molecule has 0 rings (SSSR count). The largest absolute Gasteiger partial charge is 0.233 e. The maximum Gasteiger partial charge on any atom is 0.135 e. The average molecular weight is 163 g/mol. The van der Waals surface area contributed by atoms with Gasteiger partial charge in [0.05, 0.1) is 4.48 Å². The van der Waals surface area contributed by atoms with Gasteiger partial charge in [0.25, 0.3) is 0 Å². The van der Waals surface area contributed by atoms with Gasteiger partial charge in [-0.1, -0.05) is 13.3 Å². The summed E-state index contributed by atoms with van der Waals surface area (Å²) in [5.41, 5.74) is 0. The highest BCUT2D eigenvalue weighted by Gasteiger charge is 1.84. The van der Waals surface area contributed by atoms with Crippen molar-refractivity contribution in [1.82, 2.24) is 0 Å². The van der Waals surface area contributed by atoms with Crippen LogP contribution in [0, 0.1) is 0 Å². The lowest BCUT2D eigenvalue weighted by atomic mass is 10.3. The summed E-state index contributed by atoms with van der Waals surface area (Å²) in [7, 11) is 0. The van der Waals surface area contributed by atoms with Gasteiger partial charge in [0.1, 0.15) is 5.94 Å². The summed E-state index contributed by atoms with van der Waals surface area (Å²) in [5, 5.41) is 0. The normalized spacial score (nSPS) is 7.71. The topological polar surface area (TPSA) is 17.1 Å². The summed E-state index contributed by atoms with van der Waals surface area (Å²) in [6, 6.07) is 0. The molecule has 0 radical (unpaired) electrons. The van der Waals surface area contributed by atoms with Crippen LogP contribution in [-0.2, 0) is 4.79 Å². The number of carbonyl (C=O) groups excluding carboxylic acids is 1. The molecule has 0 aliphatic carbocycles. The van der Waals surface area contributed by atoms with Crippen molar-refractivity contribution in [3.63, 3.8) is 0 Å². The molecule has 0 saturated carbocycles. The summed E-state index contributed by atoms with van der Waals surface area (Å²) in [6.45, 7) is 2.01. The summed E-state index contributed by atoms with van der Waals surface area (Å²) >= 11 is 3.03.